The molecule has 1 heterocycles. The Balaban J connectivity index is 2.05. The highest BCUT2D eigenvalue weighted by Gasteiger charge is 2.45. The van der Waals surface area contributed by atoms with E-state index in [9.17, 15) is 14.7 Å². The molecule has 2 aromatic rings. The van der Waals surface area contributed by atoms with Crippen LogP contribution >= 0.6 is 11.6 Å². The Morgan fingerprint density at radius 3 is 2.33 bits per heavy atom. The van der Waals surface area contributed by atoms with E-state index >= 15 is 0 Å². The average molecular weight is 432 g/mol. The number of aliphatic hydroxyl groups is 2. The summed E-state index contributed by atoms with van der Waals surface area (Å²) in [5.74, 6) is -1.14. The summed E-state index contributed by atoms with van der Waals surface area (Å²) in [5, 5.41) is 20.3. The second-order valence-electron chi connectivity index (χ2n) is 6.61. The number of carbonyl (C=O) groups excluding carboxylic acids is 2. The lowest BCUT2D eigenvalue weighted by molar-refractivity contribution is -0.140. The first-order chi connectivity index (χ1) is 14.5. The Hall–Kier alpha value is -2.87. The van der Waals surface area contributed by atoms with E-state index < -0.39 is 17.7 Å². The molecule has 0 spiro atoms. The van der Waals surface area contributed by atoms with Crippen LogP contribution in [0.2, 0.25) is 5.02 Å². The van der Waals surface area contributed by atoms with E-state index in [-0.39, 0.29) is 37.7 Å². The van der Waals surface area contributed by atoms with Crippen LogP contribution in [0.4, 0.5) is 0 Å². The van der Waals surface area contributed by atoms with Crippen molar-refractivity contribution in [3.05, 3.63) is 70.3 Å². The zero-order valence-electron chi connectivity index (χ0n) is 16.4. The van der Waals surface area contributed by atoms with Crippen LogP contribution in [0.3, 0.4) is 0 Å². The van der Waals surface area contributed by atoms with Crippen molar-refractivity contribution in [3.8, 4) is 5.75 Å². The monoisotopic (exact) mass is 431 g/mol. The van der Waals surface area contributed by atoms with Gasteiger partial charge in [0, 0.05) is 17.1 Å². The number of methoxy groups -OCH3 is 1. The van der Waals surface area contributed by atoms with E-state index in [2.05, 4.69) is 0 Å². The number of aliphatic hydroxyl groups excluding tert-OH is 2. The number of amides is 1. The summed E-state index contributed by atoms with van der Waals surface area (Å²) in [6, 6.07) is 12.5. The van der Waals surface area contributed by atoms with Gasteiger partial charge in [0.1, 0.15) is 11.5 Å². The summed E-state index contributed by atoms with van der Waals surface area (Å²) in [6.07, 6.45) is 0. The minimum absolute atomic E-state index is 0.00496. The Bertz CT molecular complexity index is 939. The predicted octanol–water partition coefficient (Wildman–Crippen LogP) is 2.78. The minimum Gasteiger partial charge on any atom is -0.507 e. The fourth-order valence-corrected chi connectivity index (χ4v) is 3.46. The molecule has 0 aromatic heterocycles. The molecule has 1 amide bonds. The van der Waals surface area contributed by atoms with E-state index in [1.165, 1.54) is 4.90 Å². The molecule has 1 atom stereocenters. The second-order valence-corrected chi connectivity index (χ2v) is 7.04. The van der Waals surface area contributed by atoms with Crippen LogP contribution in [-0.4, -0.2) is 60.3 Å². The summed E-state index contributed by atoms with van der Waals surface area (Å²) >= 11 is 5.92. The van der Waals surface area contributed by atoms with E-state index in [0.717, 1.165) is 0 Å². The number of benzene rings is 2. The van der Waals surface area contributed by atoms with Gasteiger partial charge in [-0.25, -0.2) is 0 Å². The molecule has 2 aromatic carbocycles. The maximum absolute atomic E-state index is 12.9. The third-order valence-electron chi connectivity index (χ3n) is 4.80. The fraction of sp³-hybridized carbons (Fsp3) is 0.273. The molecule has 30 heavy (non-hydrogen) atoms. The average Bonchev–Trinajstić information content (AvgIpc) is 3.01. The highest BCUT2D eigenvalue weighted by atomic mass is 35.5. The molecule has 3 rings (SSSR count). The molecule has 0 radical (unpaired) electrons. The molecule has 0 bridgehead atoms. The summed E-state index contributed by atoms with van der Waals surface area (Å²) in [7, 11) is 1.54. The van der Waals surface area contributed by atoms with Gasteiger partial charge in [0.05, 0.1) is 38.5 Å². The molecule has 1 saturated heterocycles. The van der Waals surface area contributed by atoms with Crippen molar-refractivity contribution in [3.63, 3.8) is 0 Å². The van der Waals surface area contributed by atoms with Crippen molar-refractivity contribution < 1.29 is 29.3 Å². The Kier molecular flexibility index (Phi) is 7.10. The van der Waals surface area contributed by atoms with Gasteiger partial charge in [0.25, 0.3) is 11.7 Å². The van der Waals surface area contributed by atoms with Crippen LogP contribution < -0.4 is 4.74 Å². The van der Waals surface area contributed by atoms with Crippen molar-refractivity contribution in [2.45, 2.75) is 6.04 Å². The Labute approximate surface area is 179 Å². The number of hydrogen-bond acceptors (Lipinski definition) is 6. The number of rotatable bonds is 8. The predicted molar refractivity (Wildman–Crippen MR) is 111 cm³/mol. The molecular formula is C22H22ClNO6. The van der Waals surface area contributed by atoms with Gasteiger partial charge in [0.2, 0.25) is 0 Å². The number of likely N-dealkylation sites (tertiary alicyclic amines) is 1. The standard InChI is InChI=1S/C22H22ClNO6/c1-29-17-8-4-14(5-9-17)19-18(20(26)15-2-6-16(23)7-3-15)21(27)22(28)24(19)10-12-30-13-11-25/h2-9,19,25-26H,10-13H2,1H3. The SMILES string of the molecule is COc1ccc(C2C(=C(O)c3ccc(Cl)cc3)C(=O)C(=O)N2CCOCCO)cc1. The van der Waals surface area contributed by atoms with Gasteiger partial charge in [-0.1, -0.05) is 23.7 Å². The number of ether oxygens (including phenoxy) is 2. The number of Topliss-reactive ketones (excluding diaryl/α,β-unsaturated/α-hetero) is 1. The van der Waals surface area contributed by atoms with Crippen LogP contribution in [0.25, 0.3) is 5.76 Å². The van der Waals surface area contributed by atoms with Crippen molar-refractivity contribution in [2.24, 2.45) is 0 Å². The Morgan fingerprint density at radius 1 is 1.07 bits per heavy atom. The molecule has 1 fully saturated rings. The van der Waals surface area contributed by atoms with Crippen molar-refractivity contribution in [1.82, 2.24) is 4.90 Å². The first kappa shape index (κ1) is 21.8. The molecule has 0 aliphatic carbocycles. The third kappa shape index (κ3) is 4.48. The zero-order chi connectivity index (χ0) is 21.7. The number of nitrogens with zero attached hydrogens (tertiary/aromatic N) is 1. The van der Waals surface area contributed by atoms with Gasteiger partial charge < -0.3 is 24.6 Å². The maximum Gasteiger partial charge on any atom is 0.295 e. The quantitative estimate of drug-likeness (QED) is 0.289. The largest absolute Gasteiger partial charge is 0.507 e. The van der Waals surface area contributed by atoms with Crippen LogP contribution in [0.5, 0.6) is 5.75 Å². The van der Waals surface area contributed by atoms with Crippen LogP contribution in [-0.2, 0) is 14.3 Å². The first-order valence-corrected chi connectivity index (χ1v) is 9.72. The maximum atomic E-state index is 12.9. The lowest BCUT2D eigenvalue weighted by Crippen LogP contribution is -2.33. The van der Waals surface area contributed by atoms with Crippen molar-refractivity contribution >= 4 is 29.1 Å². The van der Waals surface area contributed by atoms with Gasteiger partial charge in [0.15, 0.2) is 0 Å². The number of ketones is 1. The van der Waals surface area contributed by atoms with E-state index in [4.69, 9.17) is 26.2 Å². The number of carbonyl (C=O) groups is 2. The van der Waals surface area contributed by atoms with E-state index in [1.54, 1.807) is 55.6 Å². The van der Waals surface area contributed by atoms with Crippen LogP contribution in [0.1, 0.15) is 17.2 Å². The molecule has 7 nitrogen and oxygen atoms in total. The van der Waals surface area contributed by atoms with Crippen LogP contribution in [0.15, 0.2) is 54.1 Å². The summed E-state index contributed by atoms with van der Waals surface area (Å²) < 4.78 is 10.5. The molecule has 1 unspecified atom stereocenters. The highest BCUT2D eigenvalue weighted by molar-refractivity contribution is 6.46. The molecule has 2 N–H and O–H groups in total. The second kappa shape index (κ2) is 9.75. The highest BCUT2D eigenvalue weighted by Crippen LogP contribution is 2.39. The lowest BCUT2D eigenvalue weighted by atomic mass is 9.95. The van der Waals surface area contributed by atoms with E-state index in [0.29, 0.717) is 21.9 Å². The molecule has 158 valence electrons. The fourth-order valence-electron chi connectivity index (χ4n) is 3.34. The minimum atomic E-state index is -0.788. The molecular weight excluding hydrogens is 410 g/mol. The first-order valence-electron chi connectivity index (χ1n) is 9.34. The lowest BCUT2D eigenvalue weighted by Gasteiger charge is -2.25. The molecule has 1 aliphatic heterocycles. The Morgan fingerprint density at radius 2 is 1.73 bits per heavy atom. The number of halogens is 1. The number of hydrogen-bond donors (Lipinski definition) is 2. The van der Waals surface area contributed by atoms with Gasteiger partial charge in [-0.15, -0.1) is 0 Å². The van der Waals surface area contributed by atoms with Gasteiger partial charge in [-0.05, 0) is 42.0 Å². The summed E-state index contributed by atoms with van der Waals surface area (Å²) in [5.41, 5.74) is 1.02. The third-order valence-corrected chi connectivity index (χ3v) is 5.05. The van der Waals surface area contributed by atoms with Crippen molar-refractivity contribution in [1.29, 1.82) is 0 Å². The van der Waals surface area contributed by atoms with Gasteiger partial charge in [-0.2, -0.15) is 0 Å². The normalized spacial score (nSPS) is 18.1. The summed E-state index contributed by atoms with van der Waals surface area (Å²) in [6.45, 7) is 0.249. The smallest absolute Gasteiger partial charge is 0.295 e. The molecule has 0 saturated carbocycles. The van der Waals surface area contributed by atoms with Gasteiger partial charge >= 0.3 is 0 Å². The van der Waals surface area contributed by atoms with E-state index in [1.807, 2.05) is 0 Å². The topological polar surface area (TPSA) is 96.3 Å². The van der Waals surface area contributed by atoms with Crippen LogP contribution in [0, 0.1) is 0 Å². The van der Waals surface area contributed by atoms with Gasteiger partial charge in [-0.3, -0.25) is 9.59 Å². The molecule has 8 heteroatoms. The summed E-state index contributed by atoms with van der Waals surface area (Å²) in [4.78, 5) is 27.0. The molecule has 1 aliphatic rings. The van der Waals surface area contributed by atoms with Crippen molar-refractivity contribution in [2.75, 3.05) is 33.5 Å². The zero-order valence-corrected chi connectivity index (χ0v) is 17.1.